The van der Waals surface area contributed by atoms with Gasteiger partial charge in [-0.15, -0.1) is 0 Å². The zero-order valence-electron chi connectivity index (χ0n) is 17.7. The summed E-state index contributed by atoms with van der Waals surface area (Å²) in [6.07, 6.45) is 0. The van der Waals surface area contributed by atoms with Crippen LogP contribution in [-0.2, 0) is 10.0 Å². The summed E-state index contributed by atoms with van der Waals surface area (Å²) in [6.45, 7) is 3.76. The Labute approximate surface area is 190 Å². The summed E-state index contributed by atoms with van der Waals surface area (Å²) in [5.74, 6) is 0.417. The Bertz CT molecular complexity index is 1390. The van der Waals surface area contributed by atoms with Crippen molar-refractivity contribution in [1.82, 2.24) is 4.98 Å². The van der Waals surface area contributed by atoms with E-state index in [1.807, 2.05) is 19.9 Å². The molecule has 3 aromatic carbocycles. The minimum atomic E-state index is -3.74. The number of carbonyl (C=O) groups is 1. The molecule has 0 aliphatic rings. The van der Waals surface area contributed by atoms with E-state index in [9.17, 15) is 13.2 Å². The molecule has 2 N–H and O–H groups in total. The number of methoxy groups -OCH3 is 1. The van der Waals surface area contributed by atoms with Crippen LogP contribution in [0.4, 0.5) is 10.8 Å². The number of nitrogens with zero attached hydrogens (tertiary/aromatic N) is 1. The lowest BCUT2D eigenvalue weighted by Crippen LogP contribution is -2.12. The third-order valence-corrected chi connectivity index (χ3v) is 7.25. The van der Waals surface area contributed by atoms with E-state index in [-0.39, 0.29) is 15.9 Å². The van der Waals surface area contributed by atoms with Crippen molar-refractivity contribution in [2.75, 3.05) is 17.1 Å². The second-order valence-electron chi connectivity index (χ2n) is 7.26. The fraction of sp³-hybridized carbons (Fsp3) is 0.130. The molecule has 0 aliphatic heterocycles. The van der Waals surface area contributed by atoms with Crippen molar-refractivity contribution >= 4 is 48.3 Å². The van der Waals surface area contributed by atoms with Crippen LogP contribution in [0.3, 0.4) is 0 Å². The first-order chi connectivity index (χ1) is 15.2. The van der Waals surface area contributed by atoms with Gasteiger partial charge in [0.15, 0.2) is 5.13 Å². The standard InChI is InChI=1S/C23H21N3O4S2/c1-14-4-10-19(11-5-14)32(28,29)26-23-25-21-15(2)12-17(13-20(21)31-23)24-22(27)16-6-8-18(30-3)9-7-16/h4-13H,1-3H3,(H,24,27)(H,25,26). The molecular formula is C23H21N3O4S2. The molecule has 0 aliphatic carbocycles. The van der Waals surface area contributed by atoms with Gasteiger partial charge in [-0.05, 0) is 67.9 Å². The SMILES string of the molecule is COc1ccc(C(=O)Nc2cc(C)c3nc(NS(=O)(=O)c4ccc(C)cc4)sc3c2)cc1. The van der Waals surface area contributed by atoms with Crippen LogP contribution in [0.15, 0.2) is 65.6 Å². The second-order valence-corrected chi connectivity index (χ2v) is 9.97. The fourth-order valence-electron chi connectivity index (χ4n) is 3.15. The monoisotopic (exact) mass is 467 g/mol. The Morgan fingerprint density at radius 3 is 2.34 bits per heavy atom. The van der Waals surface area contributed by atoms with Crippen LogP contribution in [0.5, 0.6) is 5.75 Å². The summed E-state index contributed by atoms with van der Waals surface area (Å²) in [6, 6.07) is 17.0. The normalized spacial score (nSPS) is 11.3. The first-order valence-electron chi connectivity index (χ1n) is 9.71. The molecule has 1 aromatic heterocycles. The molecule has 0 radical (unpaired) electrons. The molecule has 9 heteroatoms. The van der Waals surface area contributed by atoms with Crippen molar-refractivity contribution in [2.24, 2.45) is 0 Å². The Hall–Kier alpha value is -3.43. The van der Waals surface area contributed by atoms with Gasteiger partial charge in [0.2, 0.25) is 0 Å². The number of fused-ring (bicyclic) bond motifs is 1. The van der Waals surface area contributed by atoms with Gasteiger partial charge >= 0.3 is 0 Å². The van der Waals surface area contributed by atoms with E-state index in [4.69, 9.17) is 4.74 Å². The summed E-state index contributed by atoms with van der Waals surface area (Å²) in [5, 5.41) is 3.14. The van der Waals surface area contributed by atoms with Crippen LogP contribution in [-0.4, -0.2) is 26.4 Å². The van der Waals surface area contributed by atoms with Crippen LogP contribution < -0.4 is 14.8 Å². The smallest absolute Gasteiger partial charge is 0.263 e. The lowest BCUT2D eigenvalue weighted by atomic mass is 10.1. The first kappa shape index (κ1) is 21.8. The number of aromatic nitrogens is 1. The van der Waals surface area contributed by atoms with Gasteiger partial charge in [-0.25, -0.2) is 13.4 Å². The Kier molecular flexibility index (Phi) is 5.86. The van der Waals surface area contributed by atoms with Crippen LogP contribution in [0.2, 0.25) is 0 Å². The topological polar surface area (TPSA) is 97.4 Å². The number of amides is 1. The molecule has 1 amide bonds. The Balaban J connectivity index is 1.57. The van der Waals surface area contributed by atoms with E-state index < -0.39 is 10.0 Å². The zero-order valence-corrected chi connectivity index (χ0v) is 19.3. The number of rotatable bonds is 6. The summed E-state index contributed by atoms with van der Waals surface area (Å²) >= 11 is 1.21. The van der Waals surface area contributed by atoms with Crippen LogP contribution >= 0.6 is 11.3 Å². The van der Waals surface area contributed by atoms with Gasteiger partial charge in [-0.2, -0.15) is 0 Å². The fourth-order valence-corrected chi connectivity index (χ4v) is 5.37. The number of anilines is 2. The number of ether oxygens (including phenoxy) is 1. The van der Waals surface area contributed by atoms with Crippen LogP contribution in [0.25, 0.3) is 10.2 Å². The molecule has 0 bridgehead atoms. The van der Waals surface area contributed by atoms with Gasteiger partial charge in [0, 0.05) is 11.3 Å². The number of aryl methyl sites for hydroxylation is 2. The highest BCUT2D eigenvalue weighted by Gasteiger charge is 2.18. The van der Waals surface area contributed by atoms with Gasteiger partial charge in [0.05, 0.1) is 22.2 Å². The molecule has 4 rings (SSSR count). The third-order valence-electron chi connectivity index (χ3n) is 4.85. The molecule has 164 valence electrons. The summed E-state index contributed by atoms with van der Waals surface area (Å²) < 4.78 is 33.8. The van der Waals surface area contributed by atoms with Crippen molar-refractivity contribution in [3.8, 4) is 5.75 Å². The highest BCUT2D eigenvalue weighted by Crippen LogP contribution is 2.32. The Morgan fingerprint density at radius 1 is 1.00 bits per heavy atom. The molecule has 0 spiro atoms. The number of carbonyl (C=O) groups excluding carboxylic acids is 1. The highest BCUT2D eigenvalue weighted by molar-refractivity contribution is 7.93. The maximum absolute atomic E-state index is 12.7. The van der Waals surface area contributed by atoms with Crippen LogP contribution in [0, 0.1) is 13.8 Å². The number of sulfonamides is 1. The van der Waals surface area contributed by atoms with Gasteiger partial charge in [-0.1, -0.05) is 29.0 Å². The molecule has 0 unspecified atom stereocenters. The molecular weight excluding hydrogens is 446 g/mol. The minimum Gasteiger partial charge on any atom is -0.497 e. The van der Waals surface area contributed by atoms with Crippen molar-refractivity contribution in [3.63, 3.8) is 0 Å². The third kappa shape index (κ3) is 4.58. The molecule has 0 fully saturated rings. The van der Waals surface area contributed by atoms with Crippen molar-refractivity contribution in [1.29, 1.82) is 0 Å². The number of hydrogen-bond donors (Lipinski definition) is 2. The molecule has 0 saturated heterocycles. The summed E-state index contributed by atoms with van der Waals surface area (Å²) in [4.78, 5) is 17.2. The summed E-state index contributed by atoms with van der Waals surface area (Å²) in [7, 11) is -2.18. The number of benzene rings is 3. The second kappa shape index (κ2) is 8.60. The van der Waals surface area contributed by atoms with Gasteiger partial charge in [0.25, 0.3) is 15.9 Å². The molecule has 32 heavy (non-hydrogen) atoms. The molecule has 0 saturated carbocycles. The van der Waals surface area contributed by atoms with E-state index in [0.29, 0.717) is 22.5 Å². The average molecular weight is 468 g/mol. The maximum atomic E-state index is 12.7. The predicted molar refractivity (Wildman–Crippen MR) is 127 cm³/mol. The van der Waals surface area contributed by atoms with E-state index in [1.54, 1.807) is 61.7 Å². The lowest BCUT2D eigenvalue weighted by Gasteiger charge is -2.07. The zero-order chi connectivity index (χ0) is 22.9. The first-order valence-corrected chi connectivity index (χ1v) is 12.0. The van der Waals surface area contributed by atoms with Gasteiger partial charge in [0.1, 0.15) is 5.75 Å². The lowest BCUT2D eigenvalue weighted by molar-refractivity contribution is 0.102. The number of thiazole rings is 1. The molecule has 4 aromatic rings. The molecule has 0 atom stereocenters. The van der Waals surface area contributed by atoms with E-state index >= 15 is 0 Å². The van der Waals surface area contributed by atoms with E-state index in [2.05, 4.69) is 15.0 Å². The average Bonchev–Trinajstić information content (AvgIpc) is 3.16. The highest BCUT2D eigenvalue weighted by atomic mass is 32.2. The molecule has 7 nitrogen and oxygen atoms in total. The van der Waals surface area contributed by atoms with Gasteiger partial charge < -0.3 is 10.1 Å². The molecule has 1 heterocycles. The predicted octanol–water partition coefficient (Wildman–Crippen LogP) is 4.97. The number of nitrogens with one attached hydrogen (secondary N) is 2. The van der Waals surface area contributed by atoms with Crippen molar-refractivity contribution in [3.05, 3.63) is 77.4 Å². The van der Waals surface area contributed by atoms with Crippen molar-refractivity contribution in [2.45, 2.75) is 18.7 Å². The van der Waals surface area contributed by atoms with Crippen molar-refractivity contribution < 1.29 is 17.9 Å². The van der Waals surface area contributed by atoms with Gasteiger partial charge in [-0.3, -0.25) is 9.52 Å². The minimum absolute atomic E-state index is 0.173. The van der Waals surface area contributed by atoms with Crippen LogP contribution in [0.1, 0.15) is 21.5 Å². The summed E-state index contributed by atoms with van der Waals surface area (Å²) in [5.41, 5.74) is 3.58. The van der Waals surface area contributed by atoms with E-state index in [1.165, 1.54) is 11.3 Å². The number of hydrogen-bond acceptors (Lipinski definition) is 6. The Morgan fingerprint density at radius 2 is 1.69 bits per heavy atom. The maximum Gasteiger partial charge on any atom is 0.263 e. The quantitative estimate of drug-likeness (QED) is 0.417. The van der Waals surface area contributed by atoms with E-state index in [0.717, 1.165) is 15.8 Å². The largest absolute Gasteiger partial charge is 0.497 e.